The van der Waals surface area contributed by atoms with E-state index in [0.29, 0.717) is 0 Å². The molecular weight excluding hydrogens is 278 g/mol. The molecule has 0 saturated heterocycles. The predicted molar refractivity (Wildman–Crippen MR) is 2.06 cm³/mol. The van der Waals surface area contributed by atoms with Crippen LogP contribution in [0.25, 0.3) is 0 Å². The average molecular weight is 278 g/mol. The van der Waals surface area contributed by atoms with Crippen LogP contribution in [0.2, 0.25) is 0 Å². The van der Waals surface area contributed by atoms with E-state index in [9.17, 15) is 0 Å². The van der Waals surface area contributed by atoms with E-state index in [1.807, 2.05) is 0 Å². The molecule has 0 amide bonds. The van der Waals surface area contributed by atoms with Gasteiger partial charge in [0.25, 0.3) is 0 Å². The summed E-state index contributed by atoms with van der Waals surface area (Å²) in [6.45, 7) is 0. The van der Waals surface area contributed by atoms with Gasteiger partial charge in [0, 0.05) is 33.6 Å². The Hall–Kier alpha value is 1.93. The molecule has 7 heavy (non-hydrogen) atoms. The van der Waals surface area contributed by atoms with Gasteiger partial charge in [0.2, 0.25) is 0 Å². The zero-order chi connectivity index (χ0) is 0. The zero-order valence-electron chi connectivity index (χ0n) is 2.60. The molecule has 52 valence electrons. The second-order valence-electron chi connectivity index (χ2n) is 0. The molecule has 0 bridgehead atoms. The third-order valence-electron chi connectivity index (χ3n) is 0. The molecule has 0 saturated carbocycles. The Labute approximate surface area is 83.6 Å². The minimum Gasteiger partial charge on any atom is -2.00 e. The fraction of sp³-hybridized carbons (Fsp3) is 0. The molecule has 0 aromatic carbocycles. The van der Waals surface area contributed by atoms with Gasteiger partial charge < -0.3 is 16.4 Å². The first-order valence-corrected chi connectivity index (χ1v) is 0. The normalized spacial score (nSPS) is 0. The van der Waals surface area contributed by atoms with Crippen molar-refractivity contribution in [3.05, 3.63) is 0 Å². The Morgan fingerprint density at radius 1 is 0.429 bits per heavy atom. The number of hydrogen-bond acceptors (Lipinski definition) is 0. The van der Waals surface area contributed by atoms with Crippen molar-refractivity contribution in [1.29, 1.82) is 0 Å². The topological polar surface area (TPSA) is 85.5 Å². The summed E-state index contributed by atoms with van der Waals surface area (Å²) >= 11 is 0. The van der Waals surface area contributed by atoms with Crippen LogP contribution >= 0.6 is 0 Å². The fourth-order valence-electron chi connectivity index (χ4n) is 0. The second-order valence-corrected chi connectivity index (χ2v) is 0. The number of hydrogen-bond donors (Lipinski definition) is 0. The van der Waals surface area contributed by atoms with Gasteiger partial charge >= 0.3 is 34.1 Å². The molecule has 0 fully saturated rings. The van der Waals surface area contributed by atoms with E-state index in [0.717, 1.165) is 0 Å². The van der Waals surface area contributed by atoms with E-state index >= 15 is 0 Å². The molecule has 0 spiro atoms. The Kier molecular flexibility index (Phi) is 2200. The smallest absolute Gasteiger partial charge is 2.00 e. The van der Waals surface area contributed by atoms with Crippen molar-refractivity contribution < 1.29 is 84.1 Å². The average Bonchev–Trinajstić information content (AvgIpc) is 0. The van der Waals surface area contributed by atoms with Crippen molar-refractivity contribution in [2.75, 3.05) is 0 Å². The summed E-state index contributed by atoms with van der Waals surface area (Å²) in [7, 11) is 0. The van der Waals surface area contributed by atoms with E-state index in [1.54, 1.807) is 0 Å². The van der Waals surface area contributed by atoms with Gasteiger partial charge in [0.15, 0.2) is 0 Å². The van der Waals surface area contributed by atoms with Gasteiger partial charge in [0.05, 0.1) is 0 Å². The van der Waals surface area contributed by atoms with Crippen molar-refractivity contribution in [2.24, 2.45) is 0 Å². The Bertz CT molecular complexity index is 10.9. The van der Waals surface area contributed by atoms with Crippen LogP contribution in [0.5, 0.6) is 0 Å². The van der Waals surface area contributed by atoms with Gasteiger partial charge in [-0.25, -0.2) is 0 Å². The van der Waals surface area contributed by atoms with Gasteiger partial charge in [-0.05, 0) is 0 Å². The first-order valence-electron chi connectivity index (χ1n) is 0. The molecule has 0 aliphatic heterocycles. The molecule has 3 nitrogen and oxygen atoms in total. The number of rotatable bonds is 0. The van der Waals surface area contributed by atoms with E-state index < -0.39 is 0 Å². The van der Waals surface area contributed by atoms with Gasteiger partial charge in [-0.1, -0.05) is 0 Å². The minimum absolute atomic E-state index is 0. The van der Waals surface area contributed by atoms with Crippen LogP contribution in [-0.2, 0) is 84.1 Å². The van der Waals surface area contributed by atoms with E-state index in [-0.39, 0.29) is 84.1 Å². The standard InChI is InChI=1S/2Co.2Fe.3O/q;;2*+3;3*-2. The van der Waals surface area contributed by atoms with Crippen molar-refractivity contribution >= 4 is 0 Å². The van der Waals surface area contributed by atoms with Crippen LogP contribution in [0.4, 0.5) is 0 Å². The summed E-state index contributed by atoms with van der Waals surface area (Å²) in [5.74, 6) is 0. The van der Waals surface area contributed by atoms with Gasteiger partial charge in [-0.15, -0.1) is 0 Å². The van der Waals surface area contributed by atoms with Gasteiger partial charge in [-0.3, -0.25) is 0 Å². The van der Waals surface area contributed by atoms with Crippen LogP contribution in [-0.4, -0.2) is 0 Å². The SMILES string of the molecule is [Co].[Co].[Fe+3].[Fe+3].[O-2].[O-2].[O-2]. The van der Waals surface area contributed by atoms with Gasteiger partial charge in [0.1, 0.15) is 0 Å². The summed E-state index contributed by atoms with van der Waals surface area (Å²) in [5.41, 5.74) is 0. The first kappa shape index (κ1) is 151. The molecule has 0 unspecified atom stereocenters. The first-order chi connectivity index (χ1) is 0. The molecular formula is Co2Fe2O3. The largest absolute Gasteiger partial charge is 3.00 e. The molecule has 0 N–H and O–H groups in total. The van der Waals surface area contributed by atoms with E-state index in [2.05, 4.69) is 0 Å². The van der Waals surface area contributed by atoms with Crippen LogP contribution < -0.4 is 0 Å². The van der Waals surface area contributed by atoms with Crippen molar-refractivity contribution in [3.63, 3.8) is 0 Å². The Morgan fingerprint density at radius 3 is 0.429 bits per heavy atom. The van der Waals surface area contributed by atoms with Crippen LogP contribution in [0.15, 0.2) is 0 Å². The molecule has 0 rings (SSSR count). The third kappa shape index (κ3) is 74.8. The van der Waals surface area contributed by atoms with Crippen molar-refractivity contribution in [2.45, 2.75) is 0 Å². The van der Waals surface area contributed by atoms with E-state index in [4.69, 9.17) is 0 Å². The Balaban J connectivity index is 0. The van der Waals surface area contributed by atoms with Crippen LogP contribution in [0.1, 0.15) is 0 Å². The molecule has 0 aliphatic rings. The zero-order valence-corrected chi connectivity index (χ0v) is 6.89. The summed E-state index contributed by atoms with van der Waals surface area (Å²) in [6, 6.07) is 0. The molecule has 0 aromatic rings. The van der Waals surface area contributed by atoms with Gasteiger partial charge in [-0.2, -0.15) is 0 Å². The van der Waals surface area contributed by atoms with Crippen LogP contribution in [0, 0.1) is 0 Å². The summed E-state index contributed by atoms with van der Waals surface area (Å²) in [6.07, 6.45) is 0. The summed E-state index contributed by atoms with van der Waals surface area (Å²) in [4.78, 5) is 0. The maximum absolute atomic E-state index is 0. The molecule has 0 heterocycles. The van der Waals surface area contributed by atoms with Crippen molar-refractivity contribution in [1.82, 2.24) is 0 Å². The maximum atomic E-state index is 0. The Morgan fingerprint density at radius 2 is 0.429 bits per heavy atom. The van der Waals surface area contributed by atoms with Crippen LogP contribution in [0.3, 0.4) is 0 Å². The molecule has 4 radical (unpaired) electrons. The monoisotopic (exact) mass is 278 g/mol. The summed E-state index contributed by atoms with van der Waals surface area (Å²) in [5, 5.41) is 0. The minimum atomic E-state index is 0. The third-order valence-corrected chi connectivity index (χ3v) is 0. The molecule has 0 aromatic heterocycles. The second kappa shape index (κ2) is 102. The fourth-order valence-corrected chi connectivity index (χ4v) is 0. The summed E-state index contributed by atoms with van der Waals surface area (Å²) < 4.78 is 0. The quantitative estimate of drug-likeness (QED) is 0.541. The van der Waals surface area contributed by atoms with E-state index in [1.165, 1.54) is 0 Å². The van der Waals surface area contributed by atoms with Crippen molar-refractivity contribution in [3.8, 4) is 0 Å². The predicted octanol–water partition coefficient (Wildman–Crippen LogP) is -0.366. The molecule has 0 aliphatic carbocycles. The molecule has 7 heteroatoms. The maximum Gasteiger partial charge on any atom is 3.00 e. The molecule has 0 atom stereocenters.